The van der Waals surface area contributed by atoms with Crippen molar-refractivity contribution < 1.29 is 19.4 Å². The third kappa shape index (κ3) is 3.47. The Morgan fingerprint density at radius 2 is 2.00 bits per heavy atom. The molecule has 0 spiro atoms. The number of aryl methyl sites for hydroxylation is 1. The van der Waals surface area contributed by atoms with E-state index in [4.69, 9.17) is 4.98 Å². The van der Waals surface area contributed by atoms with Gasteiger partial charge in [-0.1, -0.05) is 19.9 Å². The molecule has 5 nitrogen and oxygen atoms in total. The summed E-state index contributed by atoms with van der Waals surface area (Å²) in [6.07, 6.45) is 0.567. The number of fused-ring (bicyclic) bond motifs is 1. The number of hydrogen-bond acceptors (Lipinski definition) is 4. The van der Waals surface area contributed by atoms with Gasteiger partial charge in [-0.15, -0.1) is 0 Å². The number of aliphatic carboxylic acids is 1. The number of benzene rings is 2. The number of carbonyl (C=O) groups is 1. The number of aromatic hydroxyl groups is 1. The smallest absolute Gasteiger partial charge is 0.308 e. The minimum absolute atomic E-state index is 0.106. The highest BCUT2D eigenvalue weighted by Gasteiger charge is 2.32. The summed E-state index contributed by atoms with van der Waals surface area (Å²) < 4.78 is 14.0. The maximum absolute atomic E-state index is 14.0. The third-order valence-corrected chi connectivity index (χ3v) is 5.85. The number of phenols is 1. The standard InChI is InChI=1S/C24H25FN2O3/c1-13(2)21-22(15-4-7-19(25)14(3)10-15)18-6-5-17(28)11-20(18)26-23(21)27-9-8-16(12-27)24(29)30/h4-7,10-11,13,16,28H,8-9,12H2,1-3H3,(H,29,30)/t16-/m0/s1. The van der Waals surface area contributed by atoms with Crippen LogP contribution in [0.5, 0.6) is 5.75 Å². The van der Waals surface area contributed by atoms with Gasteiger partial charge >= 0.3 is 5.97 Å². The Morgan fingerprint density at radius 1 is 1.23 bits per heavy atom. The molecular weight excluding hydrogens is 383 g/mol. The lowest BCUT2D eigenvalue weighted by Gasteiger charge is -2.26. The van der Waals surface area contributed by atoms with Gasteiger partial charge in [0.25, 0.3) is 0 Å². The summed E-state index contributed by atoms with van der Waals surface area (Å²) in [5, 5.41) is 20.4. The second-order valence-corrected chi connectivity index (χ2v) is 8.31. The molecule has 0 bridgehead atoms. The van der Waals surface area contributed by atoms with E-state index in [9.17, 15) is 19.4 Å². The van der Waals surface area contributed by atoms with Crippen LogP contribution < -0.4 is 4.90 Å². The number of hydrogen-bond donors (Lipinski definition) is 2. The average Bonchev–Trinajstić information content (AvgIpc) is 3.19. The molecular formula is C24H25FN2O3. The number of anilines is 1. The summed E-state index contributed by atoms with van der Waals surface area (Å²) in [7, 11) is 0. The van der Waals surface area contributed by atoms with Crippen LogP contribution in [0.1, 0.15) is 37.3 Å². The van der Waals surface area contributed by atoms with Crippen molar-refractivity contribution in [2.24, 2.45) is 5.92 Å². The molecule has 3 aromatic rings. The van der Waals surface area contributed by atoms with Gasteiger partial charge in [-0.2, -0.15) is 0 Å². The van der Waals surface area contributed by atoms with Crippen LogP contribution in [0.15, 0.2) is 36.4 Å². The van der Waals surface area contributed by atoms with E-state index in [-0.39, 0.29) is 17.5 Å². The fourth-order valence-corrected chi connectivity index (χ4v) is 4.31. The van der Waals surface area contributed by atoms with Crippen molar-refractivity contribution in [1.29, 1.82) is 0 Å². The number of carboxylic acid groups (broad SMARTS) is 1. The minimum Gasteiger partial charge on any atom is -0.508 e. The van der Waals surface area contributed by atoms with Crippen molar-refractivity contribution in [2.45, 2.75) is 33.1 Å². The number of phenolic OH excluding ortho intramolecular Hbond substituents is 1. The Labute approximate surface area is 174 Å². The molecule has 30 heavy (non-hydrogen) atoms. The second kappa shape index (κ2) is 7.59. The van der Waals surface area contributed by atoms with Gasteiger partial charge in [0.05, 0.1) is 11.4 Å². The number of nitrogens with zero attached hydrogens (tertiary/aromatic N) is 2. The van der Waals surface area contributed by atoms with E-state index in [1.54, 1.807) is 25.1 Å². The second-order valence-electron chi connectivity index (χ2n) is 8.31. The molecule has 6 heteroatoms. The van der Waals surface area contributed by atoms with E-state index in [1.807, 2.05) is 17.0 Å². The molecule has 0 unspecified atom stereocenters. The molecule has 1 aliphatic rings. The molecule has 156 valence electrons. The van der Waals surface area contributed by atoms with E-state index in [2.05, 4.69) is 13.8 Å². The first-order valence-corrected chi connectivity index (χ1v) is 10.2. The molecule has 1 aliphatic heterocycles. The topological polar surface area (TPSA) is 73.7 Å². The van der Waals surface area contributed by atoms with Crippen molar-refractivity contribution in [1.82, 2.24) is 4.98 Å². The van der Waals surface area contributed by atoms with Gasteiger partial charge in [0, 0.05) is 30.1 Å². The van der Waals surface area contributed by atoms with Crippen LogP contribution >= 0.6 is 0 Å². The first-order chi connectivity index (χ1) is 14.3. The van der Waals surface area contributed by atoms with E-state index in [1.165, 1.54) is 6.07 Å². The zero-order valence-corrected chi connectivity index (χ0v) is 17.3. The molecule has 0 aliphatic carbocycles. The monoisotopic (exact) mass is 408 g/mol. The Kier molecular flexibility index (Phi) is 5.10. The fourth-order valence-electron chi connectivity index (χ4n) is 4.31. The number of pyridine rings is 1. The SMILES string of the molecule is Cc1cc(-c2c(C(C)C)c(N3CC[C@H](C(=O)O)C3)nc3cc(O)ccc23)ccc1F. The summed E-state index contributed by atoms with van der Waals surface area (Å²) in [5.74, 6) is -0.521. The predicted molar refractivity (Wildman–Crippen MR) is 116 cm³/mol. The molecule has 2 heterocycles. The zero-order chi connectivity index (χ0) is 21.6. The lowest BCUT2D eigenvalue weighted by molar-refractivity contribution is -0.140. The van der Waals surface area contributed by atoms with Crippen LogP contribution in [-0.2, 0) is 4.79 Å². The van der Waals surface area contributed by atoms with Crippen LogP contribution in [0, 0.1) is 18.7 Å². The molecule has 4 rings (SSSR count). The highest BCUT2D eigenvalue weighted by Crippen LogP contribution is 2.42. The van der Waals surface area contributed by atoms with Gasteiger partial charge in [0.2, 0.25) is 0 Å². The van der Waals surface area contributed by atoms with Crippen LogP contribution in [0.2, 0.25) is 0 Å². The molecule has 0 saturated carbocycles. The van der Waals surface area contributed by atoms with Crippen molar-refractivity contribution in [3.05, 3.63) is 53.3 Å². The Balaban J connectivity index is 2.01. The van der Waals surface area contributed by atoms with Gasteiger partial charge < -0.3 is 15.1 Å². The van der Waals surface area contributed by atoms with Crippen molar-refractivity contribution in [3.63, 3.8) is 0 Å². The molecule has 2 N–H and O–H groups in total. The molecule has 1 atom stereocenters. The molecule has 0 amide bonds. The van der Waals surface area contributed by atoms with Crippen LogP contribution in [0.4, 0.5) is 10.2 Å². The average molecular weight is 408 g/mol. The summed E-state index contributed by atoms with van der Waals surface area (Å²) in [6.45, 7) is 6.90. The van der Waals surface area contributed by atoms with Gasteiger partial charge in [0.1, 0.15) is 17.4 Å². The predicted octanol–water partition coefficient (Wildman–Crippen LogP) is 5.09. The first kappa shape index (κ1) is 20.1. The van der Waals surface area contributed by atoms with E-state index in [0.717, 1.165) is 27.9 Å². The number of carboxylic acids is 1. The number of rotatable bonds is 4. The number of halogens is 1. The molecule has 1 fully saturated rings. The van der Waals surface area contributed by atoms with Crippen LogP contribution in [0.3, 0.4) is 0 Å². The zero-order valence-electron chi connectivity index (χ0n) is 17.3. The van der Waals surface area contributed by atoms with Crippen molar-refractivity contribution in [3.8, 4) is 16.9 Å². The maximum Gasteiger partial charge on any atom is 0.308 e. The van der Waals surface area contributed by atoms with Crippen LogP contribution in [0.25, 0.3) is 22.0 Å². The molecule has 1 aromatic heterocycles. The Morgan fingerprint density at radius 3 is 2.63 bits per heavy atom. The summed E-state index contributed by atoms with van der Waals surface area (Å²) >= 11 is 0. The Bertz CT molecular complexity index is 1140. The summed E-state index contributed by atoms with van der Waals surface area (Å²) in [5.41, 5.74) is 4.02. The first-order valence-electron chi connectivity index (χ1n) is 10.2. The molecule has 2 aromatic carbocycles. The van der Waals surface area contributed by atoms with Crippen LogP contribution in [-0.4, -0.2) is 34.3 Å². The highest BCUT2D eigenvalue weighted by atomic mass is 19.1. The maximum atomic E-state index is 14.0. The normalized spacial score (nSPS) is 16.6. The molecule has 0 radical (unpaired) electrons. The third-order valence-electron chi connectivity index (χ3n) is 5.85. The quantitative estimate of drug-likeness (QED) is 0.629. The fraction of sp³-hybridized carbons (Fsp3) is 0.333. The minimum atomic E-state index is -0.795. The van der Waals surface area contributed by atoms with Gasteiger partial charge in [-0.05, 0) is 60.2 Å². The summed E-state index contributed by atoms with van der Waals surface area (Å²) in [6, 6.07) is 10.2. The number of aromatic nitrogens is 1. The lowest BCUT2D eigenvalue weighted by Crippen LogP contribution is -2.25. The van der Waals surface area contributed by atoms with Crippen molar-refractivity contribution in [2.75, 3.05) is 18.0 Å². The van der Waals surface area contributed by atoms with E-state index < -0.39 is 11.9 Å². The lowest BCUT2D eigenvalue weighted by atomic mass is 9.89. The van der Waals surface area contributed by atoms with E-state index in [0.29, 0.717) is 30.6 Å². The Hall–Kier alpha value is -3.15. The van der Waals surface area contributed by atoms with Crippen molar-refractivity contribution >= 4 is 22.7 Å². The van der Waals surface area contributed by atoms with E-state index >= 15 is 0 Å². The largest absolute Gasteiger partial charge is 0.508 e. The van der Waals surface area contributed by atoms with Gasteiger partial charge in [-0.3, -0.25) is 4.79 Å². The summed E-state index contributed by atoms with van der Waals surface area (Å²) in [4.78, 5) is 18.4. The van der Waals surface area contributed by atoms with Gasteiger partial charge in [-0.25, -0.2) is 9.37 Å². The van der Waals surface area contributed by atoms with Gasteiger partial charge in [0.15, 0.2) is 0 Å². The molecule has 1 saturated heterocycles. The highest BCUT2D eigenvalue weighted by molar-refractivity contribution is 5.99.